The SMILES string of the molecule is COC(=O)CC[C@@H](C)NC(=O)c1cn(C2COC(C)(C)OC2)c2cc(NC3CCCCC3)c(F)cc2c1=O. The first-order valence-electron chi connectivity index (χ1n) is 13.4. The van der Waals surface area contributed by atoms with Crippen LogP contribution in [0.5, 0.6) is 0 Å². The van der Waals surface area contributed by atoms with Crippen LogP contribution >= 0.6 is 0 Å². The van der Waals surface area contributed by atoms with Gasteiger partial charge in [-0.15, -0.1) is 0 Å². The molecule has 1 aliphatic heterocycles. The maximum absolute atomic E-state index is 15.3. The lowest BCUT2D eigenvalue weighted by molar-refractivity contribution is -0.258. The maximum atomic E-state index is 15.3. The van der Waals surface area contributed by atoms with Crippen LogP contribution in [-0.4, -0.2) is 54.6 Å². The van der Waals surface area contributed by atoms with Crippen molar-refractivity contribution in [2.45, 2.75) is 89.6 Å². The Morgan fingerprint density at radius 1 is 1.18 bits per heavy atom. The molecule has 1 aromatic carbocycles. The molecule has 2 fully saturated rings. The van der Waals surface area contributed by atoms with E-state index in [2.05, 4.69) is 15.4 Å². The highest BCUT2D eigenvalue weighted by Crippen LogP contribution is 2.30. The number of carbonyl (C=O) groups excluding carboxylic acids is 2. The minimum absolute atomic E-state index is 0.108. The van der Waals surface area contributed by atoms with E-state index in [0.29, 0.717) is 30.8 Å². The summed E-state index contributed by atoms with van der Waals surface area (Å²) in [6, 6.07) is 2.33. The number of hydrogen-bond acceptors (Lipinski definition) is 7. The maximum Gasteiger partial charge on any atom is 0.305 e. The van der Waals surface area contributed by atoms with E-state index in [-0.39, 0.29) is 41.5 Å². The molecule has 2 aromatic rings. The first kappa shape index (κ1) is 28.0. The zero-order valence-corrected chi connectivity index (χ0v) is 22.6. The largest absolute Gasteiger partial charge is 0.469 e. The number of nitrogens with one attached hydrogen (secondary N) is 2. The summed E-state index contributed by atoms with van der Waals surface area (Å²) in [6.45, 7) is 5.98. The second-order valence-corrected chi connectivity index (χ2v) is 10.8. The van der Waals surface area contributed by atoms with Gasteiger partial charge in [0.05, 0.1) is 37.6 Å². The van der Waals surface area contributed by atoms with Gasteiger partial charge >= 0.3 is 5.97 Å². The van der Waals surface area contributed by atoms with Gasteiger partial charge in [-0.25, -0.2) is 4.39 Å². The van der Waals surface area contributed by atoms with E-state index in [0.717, 1.165) is 25.7 Å². The molecule has 2 aliphatic rings. The predicted molar refractivity (Wildman–Crippen MR) is 142 cm³/mol. The van der Waals surface area contributed by atoms with Crippen LogP contribution in [0.2, 0.25) is 0 Å². The van der Waals surface area contributed by atoms with Crippen molar-refractivity contribution in [3.8, 4) is 0 Å². The molecule has 1 amide bonds. The fourth-order valence-corrected chi connectivity index (χ4v) is 5.07. The molecule has 2 heterocycles. The second-order valence-electron chi connectivity index (χ2n) is 10.8. The number of methoxy groups -OCH3 is 1. The highest BCUT2D eigenvalue weighted by Gasteiger charge is 2.31. The Labute approximate surface area is 222 Å². The fraction of sp³-hybridized carbons (Fsp3) is 0.607. The van der Waals surface area contributed by atoms with Gasteiger partial charge < -0.3 is 29.4 Å². The summed E-state index contributed by atoms with van der Waals surface area (Å²) in [5, 5.41) is 6.21. The number of benzene rings is 1. The Bertz CT molecular complexity index is 1230. The summed E-state index contributed by atoms with van der Waals surface area (Å²) in [5.41, 5.74) is 0.167. The van der Waals surface area contributed by atoms with Crippen molar-refractivity contribution in [3.63, 3.8) is 0 Å². The lowest BCUT2D eigenvalue weighted by atomic mass is 9.95. The standard InChI is InChI=1S/C28H38FN3O6/c1-17(10-11-25(33)36-4)30-27(35)21-14-32(19-15-37-28(2,3)38-16-19)24-13-23(22(29)12-20(24)26(21)34)31-18-8-6-5-7-9-18/h12-14,17-19,31H,5-11,15-16H2,1-4H3,(H,30,35)/t17-/m1/s1. The normalized spacial score (nSPS) is 19.2. The van der Waals surface area contributed by atoms with Gasteiger partial charge in [-0.1, -0.05) is 19.3 Å². The number of anilines is 1. The molecule has 4 rings (SSSR count). The van der Waals surface area contributed by atoms with Crippen molar-refractivity contribution in [1.29, 1.82) is 0 Å². The van der Waals surface area contributed by atoms with Gasteiger partial charge in [-0.05, 0) is 52.2 Å². The van der Waals surface area contributed by atoms with E-state index in [1.165, 1.54) is 25.8 Å². The van der Waals surface area contributed by atoms with E-state index in [9.17, 15) is 14.4 Å². The topological polar surface area (TPSA) is 108 Å². The van der Waals surface area contributed by atoms with Gasteiger partial charge in [0.25, 0.3) is 5.91 Å². The molecule has 1 aromatic heterocycles. The molecule has 0 radical (unpaired) electrons. The Hall–Kier alpha value is -2.98. The van der Waals surface area contributed by atoms with Crippen LogP contribution in [0.1, 0.15) is 82.1 Å². The van der Waals surface area contributed by atoms with Crippen molar-refractivity contribution in [2.75, 3.05) is 25.6 Å². The number of rotatable bonds is 8. The minimum Gasteiger partial charge on any atom is -0.469 e. The first-order chi connectivity index (χ1) is 18.1. The van der Waals surface area contributed by atoms with Crippen LogP contribution in [0.3, 0.4) is 0 Å². The Kier molecular flexibility index (Phi) is 8.72. The highest BCUT2D eigenvalue weighted by molar-refractivity contribution is 5.98. The van der Waals surface area contributed by atoms with Crippen LogP contribution in [0.4, 0.5) is 10.1 Å². The van der Waals surface area contributed by atoms with Gasteiger partial charge in [-0.3, -0.25) is 14.4 Å². The number of aromatic nitrogens is 1. The summed E-state index contributed by atoms with van der Waals surface area (Å²) >= 11 is 0. The molecule has 38 heavy (non-hydrogen) atoms. The molecule has 1 aliphatic carbocycles. The van der Waals surface area contributed by atoms with Gasteiger partial charge in [-0.2, -0.15) is 0 Å². The Balaban J connectivity index is 1.71. The molecule has 208 valence electrons. The number of pyridine rings is 1. The third-order valence-corrected chi connectivity index (χ3v) is 7.36. The molecule has 1 atom stereocenters. The molecule has 0 bridgehead atoms. The number of amides is 1. The molecule has 10 heteroatoms. The Morgan fingerprint density at radius 3 is 2.53 bits per heavy atom. The van der Waals surface area contributed by atoms with Crippen LogP contribution in [0, 0.1) is 5.82 Å². The molecule has 2 N–H and O–H groups in total. The Morgan fingerprint density at radius 2 is 1.87 bits per heavy atom. The van der Waals surface area contributed by atoms with Crippen molar-refractivity contribution in [2.24, 2.45) is 0 Å². The number of hydrogen-bond donors (Lipinski definition) is 2. The van der Waals surface area contributed by atoms with Crippen molar-refractivity contribution < 1.29 is 28.2 Å². The predicted octanol–water partition coefficient (Wildman–Crippen LogP) is 4.28. The lowest BCUT2D eigenvalue weighted by Crippen LogP contribution is -2.41. The number of esters is 1. The van der Waals surface area contributed by atoms with Crippen molar-refractivity contribution >= 4 is 28.5 Å². The molecule has 0 spiro atoms. The number of fused-ring (bicyclic) bond motifs is 1. The monoisotopic (exact) mass is 531 g/mol. The van der Waals surface area contributed by atoms with E-state index in [1.54, 1.807) is 17.6 Å². The smallest absolute Gasteiger partial charge is 0.305 e. The molecule has 9 nitrogen and oxygen atoms in total. The summed E-state index contributed by atoms with van der Waals surface area (Å²) in [7, 11) is 1.30. The molecule has 1 saturated heterocycles. The lowest BCUT2D eigenvalue weighted by Gasteiger charge is -2.36. The molecule has 0 unspecified atom stereocenters. The van der Waals surface area contributed by atoms with E-state index < -0.39 is 22.9 Å². The van der Waals surface area contributed by atoms with Gasteiger partial charge in [0.1, 0.15) is 11.4 Å². The zero-order valence-electron chi connectivity index (χ0n) is 22.6. The van der Waals surface area contributed by atoms with Crippen LogP contribution in [0.15, 0.2) is 23.1 Å². The summed E-state index contributed by atoms with van der Waals surface area (Å²) in [6.07, 6.45) is 7.31. The average molecular weight is 532 g/mol. The van der Waals surface area contributed by atoms with Crippen molar-refractivity contribution in [1.82, 2.24) is 9.88 Å². The number of halogens is 1. The van der Waals surface area contributed by atoms with Gasteiger partial charge in [0, 0.05) is 30.1 Å². The van der Waals surface area contributed by atoms with Gasteiger partial charge in [0.15, 0.2) is 5.79 Å². The molecular formula is C28H38FN3O6. The molecular weight excluding hydrogens is 493 g/mol. The van der Waals surface area contributed by atoms with E-state index in [1.807, 2.05) is 13.8 Å². The summed E-state index contributed by atoms with van der Waals surface area (Å²) < 4.78 is 33.4. The van der Waals surface area contributed by atoms with Crippen LogP contribution < -0.4 is 16.1 Å². The number of ether oxygens (including phenoxy) is 3. The first-order valence-corrected chi connectivity index (χ1v) is 13.4. The zero-order chi connectivity index (χ0) is 27.4. The number of nitrogens with zero attached hydrogens (tertiary/aromatic N) is 1. The summed E-state index contributed by atoms with van der Waals surface area (Å²) in [5.74, 6) is -2.26. The van der Waals surface area contributed by atoms with E-state index in [4.69, 9.17) is 9.47 Å². The number of carbonyl (C=O) groups is 2. The van der Waals surface area contributed by atoms with Crippen LogP contribution in [-0.2, 0) is 19.0 Å². The molecule has 1 saturated carbocycles. The van der Waals surface area contributed by atoms with Crippen molar-refractivity contribution in [3.05, 3.63) is 39.9 Å². The summed E-state index contributed by atoms with van der Waals surface area (Å²) in [4.78, 5) is 38.1. The third kappa shape index (κ3) is 6.53. The minimum atomic E-state index is -0.750. The third-order valence-electron chi connectivity index (χ3n) is 7.36. The van der Waals surface area contributed by atoms with E-state index >= 15 is 4.39 Å². The average Bonchev–Trinajstić information content (AvgIpc) is 2.89. The van der Waals surface area contributed by atoms with Crippen LogP contribution in [0.25, 0.3) is 10.9 Å². The second kappa shape index (κ2) is 11.8. The van der Waals surface area contributed by atoms with Gasteiger partial charge in [0.2, 0.25) is 5.43 Å². The highest BCUT2D eigenvalue weighted by atomic mass is 19.1. The fourth-order valence-electron chi connectivity index (χ4n) is 5.07. The quantitative estimate of drug-likeness (QED) is 0.490.